The molecule has 1 aromatic rings. The molecule has 0 unspecified atom stereocenters. The van der Waals surface area contributed by atoms with Crippen LogP contribution in [0.25, 0.3) is 0 Å². The lowest BCUT2D eigenvalue weighted by molar-refractivity contribution is 0.413. The number of furan rings is 1. The van der Waals surface area contributed by atoms with Gasteiger partial charge in [-0.05, 0) is 12.1 Å². The van der Waals surface area contributed by atoms with Crippen molar-refractivity contribution in [3.63, 3.8) is 0 Å². The second kappa shape index (κ2) is 6.85. The SMILES string of the molecule is C=CCSCCNS(=O)(=O)c1ccc(CN)o1. The summed E-state index contributed by atoms with van der Waals surface area (Å²) < 4.78 is 31.0. The van der Waals surface area contributed by atoms with E-state index in [4.69, 9.17) is 10.2 Å². The van der Waals surface area contributed by atoms with Crippen LogP contribution in [-0.2, 0) is 16.6 Å². The van der Waals surface area contributed by atoms with Crippen LogP contribution in [0, 0.1) is 0 Å². The van der Waals surface area contributed by atoms with E-state index in [2.05, 4.69) is 11.3 Å². The van der Waals surface area contributed by atoms with Crippen LogP contribution in [0.1, 0.15) is 5.76 Å². The third kappa shape index (κ3) is 4.55. The monoisotopic (exact) mass is 276 g/mol. The Bertz CT molecular complexity index is 454. The first kappa shape index (κ1) is 14.3. The molecule has 0 aliphatic heterocycles. The van der Waals surface area contributed by atoms with Crippen molar-refractivity contribution in [3.05, 3.63) is 30.5 Å². The lowest BCUT2D eigenvalue weighted by Crippen LogP contribution is -2.25. The lowest BCUT2D eigenvalue weighted by atomic mass is 10.5. The van der Waals surface area contributed by atoms with Gasteiger partial charge in [0.05, 0.1) is 6.54 Å². The molecule has 0 aromatic carbocycles. The second-order valence-corrected chi connectivity index (χ2v) is 6.03. The number of hydrogen-bond acceptors (Lipinski definition) is 5. The van der Waals surface area contributed by atoms with E-state index >= 15 is 0 Å². The fourth-order valence-corrected chi connectivity index (χ4v) is 2.78. The molecule has 0 saturated heterocycles. The van der Waals surface area contributed by atoms with E-state index in [1.54, 1.807) is 23.9 Å². The molecule has 0 radical (unpaired) electrons. The molecule has 3 N–H and O–H groups in total. The van der Waals surface area contributed by atoms with Gasteiger partial charge in [-0.2, -0.15) is 11.8 Å². The Morgan fingerprint density at radius 1 is 1.53 bits per heavy atom. The zero-order valence-electron chi connectivity index (χ0n) is 9.39. The average molecular weight is 276 g/mol. The van der Waals surface area contributed by atoms with E-state index in [0.717, 1.165) is 5.75 Å². The van der Waals surface area contributed by atoms with Gasteiger partial charge in [0.2, 0.25) is 5.09 Å². The highest BCUT2D eigenvalue weighted by Crippen LogP contribution is 2.13. The van der Waals surface area contributed by atoms with Crippen LogP contribution in [0.5, 0.6) is 0 Å². The normalized spacial score (nSPS) is 11.6. The minimum atomic E-state index is -3.55. The van der Waals surface area contributed by atoms with E-state index in [1.807, 2.05) is 0 Å². The van der Waals surface area contributed by atoms with Crippen LogP contribution in [0.4, 0.5) is 0 Å². The summed E-state index contributed by atoms with van der Waals surface area (Å²) in [5.41, 5.74) is 5.34. The molecule has 0 atom stereocenters. The van der Waals surface area contributed by atoms with Crippen LogP contribution in [-0.4, -0.2) is 26.5 Å². The standard InChI is InChI=1S/C10H16N2O3S2/c1-2-6-16-7-5-12-17(13,14)10-4-3-9(8-11)15-10/h2-4,12H,1,5-8,11H2. The van der Waals surface area contributed by atoms with Gasteiger partial charge >= 0.3 is 0 Å². The van der Waals surface area contributed by atoms with E-state index in [1.165, 1.54) is 6.07 Å². The molecule has 7 heteroatoms. The van der Waals surface area contributed by atoms with Gasteiger partial charge in [0.1, 0.15) is 5.76 Å². The van der Waals surface area contributed by atoms with Crippen molar-refractivity contribution < 1.29 is 12.8 Å². The number of rotatable bonds is 8. The van der Waals surface area contributed by atoms with Crippen LogP contribution in [0.15, 0.2) is 34.3 Å². The van der Waals surface area contributed by atoms with Gasteiger partial charge in [0.15, 0.2) is 0 Å². The quantitative estimate of drug-likeness (QED) is 0.545. The third-order valence-corrected chi connectivity index (χ3v) is 4.17. The van der Waals surface area contributed by atoms with Crippen LogP contribution < -0.4 is 10.5 Å². The van der Waals surface area contributed by atoms with Gasteiger partial charge in [-0.15, -0.1) is 6.58 Å². The topological polar surface area (TPSA) is 85.3 Å². The Morgan fingerprint density at radius 2 is 2.29 bits per heavy atom. The van der Waals surface area contributed by atoms with Crippen molar-refractivity contribution in [2.24, 2.45) is 5.73 Å². The summed E-state index contributed by atoms with van der Waals surface area (Å²) in [5, 5.41) is -0.0910. The molecule has 96 valence electrons. The maximum absolute atomic E-state index is 11.7. The van der Waals surface area contributed by atoms with Crippen molar-refractivity contribution in [1.29, 1.82) is 0 Å². The van der Waals surface area contributed by atoms with Gasteiger partial charge < -0.3 is 10.2 Å². The minimum Gasteiger partial charge on any atom is -0.447 e. The Hall–Kier alpha value is -0.760. The van der Waals surface area contributed by atoms with Gasteiger partial charge in [-0.25, -0.2) is 13.1 Å². The number of thioether (sulfide) groups is 1. The predicted octanol–water partition coefficient (Wildman–Crippen LogP) is 0.936. The zero-order chi connectivity index (χ0) is 12.7. The molecular weight excluding hydrogens is 260 g/mol. The van der Waals surface area contributed by atoms with Gasteiger partial charge in [0.25, 0.3) is 10.0 Å². The molecule has 5 nitrogen and oxygen atoms in total. The molecule has 0 aliphatic rings. The molecule has 0 amide bonds. The molecule has 1 rings (SSSR count). The van der Waals surface area contributed by atoms with Gasteiger partial charge in [0, 0.05) is 18.1 Å². The largest absolute Gasteiger partial charge is 0.447 e. The molecule has 0 fully saturated rings. The van der Waals surface area contributed by atoms with Gasteiger partial charge in [-0.1, -0.05) is 6.08 Å². The number of nitrogens with two attached hydrogens (primary N) is 1. The summed E-state index contributed by atoms with van der Waals surface area (Å²) in [6.07, 6.45) is 1.78. The highest BCUT2D eigenvalue weighted by atomic mass is 32.2. The summed E-state index contributed by atoms with van der Waals surface area (Å²) in [4.78, 5) is 0. The number of sulfonamides is 1. The molecule has 0 aliphatic carbocycles. The minimum absolute atomic E-state index is 0.0910. The third-order valence-electron chi connectivity index (χ3n) is 1.88. The van der Waals surface area contributed by atoms with E-state index < -0.39 is 10.0 Å². The number of nitrogens with one attached hydrogen (secondary N) is 1. The highest BCUT2D eigenvalue weighted by molar-refractivity contribution is 7.99. The summed E-state index contributed by atoms with van der Waals surface area (Å²) in [6.45, 7) is 4.13. The van der Waals surface area contributed by atoms with Gasteiger partial charge in [-0.3, -0.25) is 0 Å². The van der Waals surface area contributed by atoms with E-state index in [-0.39, 0.29) is 11.6 Å². The van der Waals surface area contributed by atoms with E-state index in [0.29, 0.717) is 18.1 Å². The molecule has 0 spiro atoms. The first-order valence-corrected chi connectivity index (χ1v) is 7.71. The molecular formula is C10H16N2O3S2. The fraction of sp³-hybridized carbons (Fsp3) is 0.400. The molecule has 0 bridgehead atoms. The maximum atomic E-state index is 11.7. The van der Waals surface area contributed by atoms with Crippen LogP contribution >= 0.6 is 11.8 Å². The summed E-state index contributed by atoms with van der Waals surface area (Å²) in [6, 6.07) is 2.96. The Kier molecular flexibility index (Phi) is 5.76. The Balaban J connectivity index is 2.48. The smallest absolute Gasteiger partial charge is 0.273 e. The summed E-state index contributed by atoms with van der Waals surface area (Å²) in [7, 11) is -3.55. The Morgan fingerprint density at radius 3 is 2.88 bits per heavy atom. The van der Waals surface area contributed by atoms with Crippen molar-refractivity contribution in [2.45, 2.75) is 11.6 Å². The van der Waals surface area contributed by atoms with E-state index in [9.17, 15) is 8.42 Å². The fourth-order valence-electron chi connectivity index (χ4n) is 1.10. The van der Waals surface area contributed by atoms with Crippen molar-refractivity contribution in [3.8, 4) is 0 Å². The molecule has 17 heavy (non-hydrogen) atoms. The first-order chi connectivity index (χ1) is 8.10. The average Bonchev–Trinajstić information content (AvgIpc) is 2.78. The molecule has 1 aromatic heterocycles. The van der Waals surface area contributed by atoms with Crippen LogP contribution in [0.3, 0.4) is 0 Å². The summed E-state index contributed by atoms with van der Waals surface area (Å²) >= 11 is 1.60. The highest BCUT2D eigenvalue weighted by Gasteiger charge is 2.17. The van der Waals surface area contributed by atoms with Crippen molar-refractivity contribution in [2.75, 3.05) is 18.1 Å². The lowest BCUT2D eigenvalue weighted by Gasteiger charge is -2.03. The Labute approximate surface area is 105 Å². The van der Waals surface area contributed by atoms with Crippen molar-refractivity contribution >= 4 is 21.8 Å². The van der Waals surface area contributed by atoms with Crippen LogP contribution in [0.2, 0.25) is 0 Å². The second-order valence-electron chi connectivity index (χ2n) is 3.19. The van der Waals surface area contributed by atoms with Crippen molar-refractivity contribution in [1.82, 2.24) is 4.72 Å². The summed E-state index contributed by atoms with van der Waals surface area (Å²) in [5.74, 6) is 1.95. The molecule has 1 heterocycles. The molecule has 0 saturated carbocycles. The predicted molar refractivity (Wildman–Crippen MR) is 69.3 cm³/mol. The number of hydrogen-bond donors (Lipinski definition) is 2. The zero-order valence-corrected chi connectivity index (χ0v) is 11.0. The first-order valence-electron chi connectivity index (χ1n) is 5.07. The maximum Gasteiger partial charge on any atom is 0.273 e.